The van der Waals surface area contributed by atoms with Crippen LogP contribution in [0.1, 0.15) is 44.7 Å². The summed E-state index contributed by atoms with van der Waals surface area (Å²) in [5.41, 5.74) is -1.10. The molecule has 0 saturated carbocycles. The van der Waals surface area contributed by atoms with Crippen molar-refractivity contribution in [3.63, 3.8) is 0 Å². The lowest BCUT2D eigenvalue weighted by Gasteiger charge is -2.37. The monoisotopic (exact) mass is 551 g/mol. The molecule has 1 aromatic carbocycles. The lowest BCUT2D eigenvalue weighted by Crippen LogP contribution is -2.44. The number of hydrogen-bond acceptors (Lipinski definition) is 8. The maximum Gasteiger partial charge on any atom is 0.434 e. The summed E-state index contributed by atoms with van der Waals surface area (Å²) >= 11 is 0.963. The lowest BCUT2D eigenvalue weighted by molar-refractivity contribution is -0.151. The zero-order valence-electron chi connectivity index (χ0n) is 21.0. The van der Waals surface area contributed by atoms with E-state index in [1.807, 2.05) is 0 Å². The van der Waals surface area contributed by atoms with Gasteiger partial charge in [-0.2, -0.15) is 13.2 Å². The first-order valence-electron chi connectivity index (χ1n) is 12.4. The number of nitrogens with zero attached hydrogens (tertiary/aromatic N) is 3. The number of fused-ring (bicyclic) bond motifs is 1. The van der Waals surface area contributed by atoms with Crippen molar-refractivity contribution in [1.29, 1.82) is 0 Å². The Balaban J connectivity index is 1.66. The highest BCUT2D eigenvalue weighted by Crippen LogP contribution is 2.48. The van der Waals surface area contributed by atoms with Crippen molar-refractivity contribution in [2.75, 3.05) is 26.3 Å². The molecule has 4 rings (SSSR count). The predicted octanol–water partition coefficient (Wildman–Crippen LogP) is 4.56. The molecule has 12 heteroatoms. The van der Waals surface area contributed by atoms with Crippen molar-refractivity contribution in [3.05, 3.63) is 58.3 Å². The predicted molar refractivity (Wildman–Crippen MR) is 134 cm³/mol. The molecule has 0 spiro atoms. The van der Waals surface area contributed by atoms with Gasteiger partial charge in [0.05, 0.1) is 37.2 Å². The molecule has 204 valence electrons. The second kappa shape index (κ2) is 11.6. The minimum atomic E-state index is -4.90. The minimum Gasteiger partial charge on any atom is -0.466 e. The lowest BCUT2D eigenvalue weighted by atomic mass is 9.93. The smallest absolute Gasteiger partial charge is 0.434 e. The molecule has 1 amide bonds. The van der Waals surface area contributed by atoms with Crippen molar-refractivity contribution in [2.45, 2.75) is 45.3 Å². The number of esters is 2. The van der Waals surface area contributed by atoms with Crippen LogP contribution in [-0.2, 0) is 23.9 Å². The van der Waals surface area contributed by atoms with E-state index < -0.39 is 35.4 Å². The van der Waals surface area contributed by atoms with Crippen LogP contribution in [0.25, 0.3) is 0 Å². The summed E-state index contributed by atoms with van der Waals surface area (Å²) in [7, 11) is 0. The Bertz CT molecular complexity index is 1180. The highest BCUT2D eigenvalue weighted by atomic mass is 32.2. The van der Waals surface area contributed by atoms with E-state index in [4.69, 9.17) is 9.47 Å². The molecule has 0 unspecified atom stereocenters. The van der Waals surface area contributed by atoms with Gasteiger partial charge < -0.3 is 19.3 Å². The topological polar surface area (TPSA) is 88.5 Å². The standard InChI is InChI=1S/C26H28F3N3O5S/c1-3-36-23(34)17-11-8-12-31(14-17)19(33)13-18-15-38-25-30-22(26(27,28)29)20(24(35)37-4-2)21(32(18)25)16-9-6-5-7-10-16/h5-7,9-10,15,17,21H,3-4,8,11-14H2,1-2H3/t17-,21-/m1/s1. The van der Waals surface area contributed by atoms with E-state index in [2.05, 4.69) is 4.99 Å². The van der Waals surface area contributed by atoms with Gasteiger partial charge in [-0.1, -0.05) is 42.1 Å². The molecular formula is C26H28F3N3O5S. The summed E-state index contributed by atoms with van der Waals surface area (Å²) in [6.45, 7) is 4.05. The molecule has 0 aromatic heterocycles. The number of thioether (sulfide) groups is 1. The van der Waals surface area contributed by atoms with E-state index in [0.717, 1.165) is 11.8 Å². The van der Waals surface area contributed by atoms with Crippen LogP contribution in [0.2, 0.25) is 0 Å². The van der Waals surface area contributed by atoms with Gasteiger partial charge in [0.2, 0.25) is 5.91 Å². The minimum absolute atomic E-state index is 0.0186. The van der Waals surface area contributed by atoms with Crippen LogP contribution in [0.3, 0.4) is 0 Å². The summed E-state index contributed by atoms with van der Waals surface area (Å²) in [6.07, 6.45) is -3.78. The molecular weight excluding hydrogens is 523 g/mol. The van der Waals surface area contributed by atoms with Gasteiger partial charge >= 0.3 is 18.1 Å². The summed E-state index contributed by atoms with van der Waals surface area (Å²) in [6, 6.07) is 7.10. The van der Waals surface area contributed by atoms with Gasteiger partial charge in [0.25, 0.3) is 0 Å². The third kappa shape index (κ3) is 5.74. The van der Waals surface area contributed by atoms with Gasteiger partial charge in [-0.15, -0.1) is 0 Å². The molecule has 3 aliphatic heterocycles. The van der Waals surface area contributed by atoms with Crippen LogP contribution in [0, 0.1) is 5.92 Å². The number of aliphatic imine (C=N–C) groups is 1. The van der Waals surface area contributed by atoms with E-state index in [-0.39, 0.29) is 43.2 Å². The van der Waals surface area contributed by atoms with E-state index in [1.165, 1.54) is 11.8 Å². The number of amides is 1. The number of rotatable bonds is 7. The number of likely N-dealkylation sites (tertiary alicyclic amines) is 1. The SMILES string of the molecule is CCOC(=O)C1=C(C(F)(F)F)N=C2SC=C(CC(=O)N3CCC[C@@H](C(=O)OCC)C3)N2[C@@H]1c1ccccc1. The third-order valence-corrected chi connectivity index (χ3v) is 7.30. The van der Waals surface area contributed by atoms with Crippen LogP contribution in [0.15, 0.2) is 57.7 Å². The van der Waals surface area contributed by atoms with Crippen LogP contribution < -0.4 is 0 Å². The fraction of sp³-hybridized carbons (Fsp3) is 0.462. The Morgan fingerprint density at radius 3 is 2.47 bits per heavy atom. The van der Waals surface area contributed by atoms with Crippen LogP contribution >= 0.6 is 11.8 Å². The third-order valence-electron chi connectivity index (χ3n) is 6.42. The number of hydrogen-bond donors (Lipinski definition) is 0. The Morgan fingerprint density at radius 2 is 1.82 bits per heavy atom. The van der Waals surface area contributed by atoms with E-state index in [1.54, 1.807) is 47.6 Å². The number of benzene rings is 1. The van der Waals surface area contributed by atoms with Gasteiger partial charge in [-0.3, -0.25) is 9.59 Å². The number of ether oxygens (including phenoxy) is 2. The molecule has 3 heterocycles. The average Bonchev–Trinajstić information content (AvgIpc) is 3.30. The maximum absolute atomic E-state index is 14.1. The number of alkyl halides is 3. The van der Waals surface area contributed by atoms with Crippen molar-refractivity contribution < 1.29 is 37.0 Å². The summed E-state index contributed by atoms with van der Waals surface area (Å²) in [5.74, 6) is -2.16. The molecule has 3 aliphatic rings. The number of amidine groups is 1. The first kappa shape index (κ1) is 27.7. The van der Waals surface area contributed by atoms with Gasteiger partial charge in [-0.05, 0) is 37.7 Å². The van der Waals surface area contributed by atoms with Crippen molar-refractivity contribution >= 4 is 34.8 Å². The largest absolute Gasteiger partial charge is 0.466 e. The number of piperidine rings is 1. The normalized spacial score (nSPS) is 21.5. The number of allylic oxidation sites excluding steroid dienone is 1. The summed E-state index contributed by atoms with van der Waals surface area (Å²) in [5, 5.41) is 1.60. The van der Waals surface area contributed by atoms with Crippen LogP contribution in [0.5, 0.6) is 0 Å². The van der Waals surface area contributed by atoms with Crippen molar-refractivity contribution in [2.24, 2.45) is 10.9 Å². The van der Waals surface area contributed by atoms with Crippen molar-refractivity contribution in [1.82, 2.24) is 9.80 Å². The van der Waals surface area contributed by atoms with Gasteiger partial charge in [-0.25, -0.2) is 9.79 Å². The van der Waals surface area contributed by atoms with Gasteiger partial charge in [0.15, 0.2) is 10.9 Å². The number of carbonyl (C=O) groups is 3. The fourth-order valence-electron chi connectivity index (χ4n) is 4.76. The molecule has 38 heavy (non-hydrogen) atoms. The van der Waals surface area contributed by atoms with E-state index in [9.17, 15) is 27.6 Å². The highest BCUT2D eigenvalue weighted by Gasteiger charge is 2.49. The highest BCUT2D eigenvalue weighted by molar-refractivity contribution is 8.16. The molecule has 1 saturated heterocycles. The molecule has 0 N–H and O–H groups in total. The Morgan fingerprint density at radius 1 is 1.11 bits per heavy atom. The zero-order valence-corrected chi connectivity index (χ0v) is 21.8. The summed E-state index contributed by atoms with van der Waals surface area (Å²) in [4.78, 5) is 45.4. The molecule has 1 fully saturated rings. The van der Waals surface area contributed by atoms with E-state index in [0.29, 0.717) is 30.6 Å². The number of halogens is 3. The summed E-state index contributed by atoms with van der Waals surface area (Å²) < 4.78 is 52.5. The molecule has 8 nitrogen and oxygen atoms in total. The first-order chi connectivity index (χ1) is 18.2. The quantitative estimate of drug-likeness (QED) is 0.459. The van der Waals surface area contributed by atoms with Gasteiger partial charge in [0, 0.05) is 18.8 Å². The molecule has 2 atom stereocenters. The maximum atomic E-state index is 14.1. The Kier molecular flexibility index (Phi) is 8.49. The molecule has 0 bridgehead atoms. The van der Waals surface area contributed by atoms with Crippen molar-refractivity contribution in [3.8, 4) is 0 Å². The van der Waals surface area contributed by atoms with E-state index >= 15 is 0 Å². The fourth-order valence-corrected chi connectivity index (χ4v) is 5.68. The zero-order chi connectivity index (χ0) is 27.4. The van der Waals surface area contributed by atoms with Crippen LogP contribution in [-0.4, -0.2) is 65.3 Å². The average molecular weight is 552 g/mol. The Labute approximate surface area is 222 Å². The second-order valence-corrected chi connectivity index (χ2v) is 9.73. The second-order valence-electron chi connectivity index (χ2n) is 8.89. The van der Waals surface area contributed by atoms with Gasteiger partial charge in [0.1, 0.15) is 0 Å². The Hall–Kier alpha value is -3.28. The van der Waals surface area contributed by atoms with Crippen LogP contribution in [0.4, 0.5) is 13.2 Å². The molecule has 1 aromatic rings. The molecule has 0 radical (unpaired) electrons. The first-order valence-corrected chi connectivity index (χ1v) is 13.2. The molecule has 0 aliphatic carbocycles. The number of carbonyl (C=O) groups excluding carboxylic acids is 3.